The Hall–Kier alpha value is -0.520. The van der Waals surface area contributed by atoms with Gasteiger partial charge >= 0.3 is 0 Å². The Morgan fingerprint density at radius 2 is 2.20 bits per heavy atom. The van der Waals surface area contributed by atoms with Crippen LogP contribution in [0.5, 0.6) is 0 Å². The van der Waals surface area contributed by atoms with Crippen LogP contribution in [-0.4, -0.2) is 0 Å². The lowest BCUT2D eigenvalue weighted by molar-refractivity contribution is 0.142. The van der Waals surface area contributed by atoms with Gasteiger partial charge in [-0.15, -0.1) is 0 Å². The Morgan fingerprint density at radius 1 is 1.47 bits per heavy atom. The van der Waals surface area contributed by atoms with E-state index < -0.39 is 0 Å². The maximum atomic E-state index is 4.22. The van der Waals surface area contributed by atoms with Crippen molar-refractivity contribution in [2.45, 2.75) is 52.9 Å². The minimum atomic E-state index is 0.575. The second kappa shape index (κ2) is 3.81. The second-order valence-electron chi connectivity index (χ2n) is 5.87. The van der Waals surface area contributed by atoms with Gasteiger partial charge in [0, 0.05) is 0 Å². The third kappa shape index (κ3) is 1.68. The van der Waals surface area contributed by atoms with Crippen LogP contribution in [0.3, 0.4) is 0 Å². The van der Waals surface area contributed by atoms with Gasteiger partial charge in [0.2, 0.25) is 0 Å². The van der Waals surface area contributed by atoms with Crippen LogP contribution in [0, 0.1) is 17.3 Å². The number of allylic oxidation sites excluding steroid dienone is 3. The molecule has 0 aromatic carbocycles. The van der Waals surface area contributed by atoms with Crippen molar-refractivity contribution in [1.29, 1.82) is 0 Å². The van der Waals surface area contributed by atoms with E-state index in [1.807, 2.05) is 0 Å². The van der Waals surface area contributed by atoms with Gasteiger partial charge in [0.15, 0.2) is 0 Å². The number of hydrogen-bond donors (Lipinski definition) is 0. The van der Waals surface area contributed by atoms with Gasteiger partial charge in [-0.25, -0.2) is 0 Å². The first-order chi connectivity index (χ1) is 7.06. The highest BCUT2D eigenvalue weighted by molar-refractivity contribution is 5.17. The predicted molar refractivity (Wildman–Crippen MR) is 66.7 cm³/mol. The van der Waals surface area contributed by atoms with Crippen LogP contribution in [0.1, 0.15) is 52.9 Å². The van der Waals surface area contributed by atoms with E-state index in [4.69, 9.17) is 0 Å². The van der Waals surface area contributed by atoms with Gasteiger partial charge < -0.3 is 0 Å². The Balaban J connectivity index is 2.27. The monoisotopic (exact) mass is 204 g/mol. The van der Waals surface area contributed by atoms with Gasteiger partial charge in [-0.3, -0.25) is 0 Å². The Morgan fingerprint density at radius 3 is 2.73 bits per heavy atom. The lowest BCUT2D eigenvalue weighted by atomic mass is 9.63. The molecule has 0 saturated heterocycles. The Bertz CT molecular complexity index is 297. The van der Waals surface area contributed by atoms with Crippen molar-refractivity contribution in [3.05, 3.63) is 23.8 Å². The summed E-state index contributed by atoms with van der Waals surface area (Å²) in [6, 6.07) is 0. The molecule has 0 aliphatic heterocycles. The van der Waals surface area contributed by atoms with Gasteiger partial charge in [-0.1, -0.05) is 30.7 Å². The predicted octanol–water partition coefficient (Wildman–Crippen LogP) is 4.73. The smallest absolute Gasteiger partial charge is 0.0146 e. The van der Waals surface area contributed by atoms with Crippen LogP contribution in [0.2, 0.25) is 0 Å². The molecule has 0 heteroatoms. The molecule has 1 fully saturated rings. The maximum absolute atomic E-state index is 4.22. The standard InChI is InChI=1S/C15H24/c1-11(2)14-6-5-13(4)15(14)9-7-12(3)8-10-15/h7,13-14H,1,5-6,8-10H2,2-4H3/t13-,14+,15-/m1/s1. The van der Waals surface area contributed by atoms with Crippen molar-refractivity contribution in [2.75, 3.05) is 0 Å². The van der Waals surface area contributed by atoms with Crippen LogP contribution in [0.25, 0.3) is 0 Å². The molecule has 0 amide bonds. The fourth-order valence-electron chi connectivity index (χ4n) is 3.83. The quantitative estimate of drug-likeness (QED) is 0.542. The zero-order valence-corrected chi connectivity index (χ0v) is 10.5. The molecular formula is C15H24. The third-order valence-corrected chi connectivity index (χ3v) is 4.97. The van der Waals surface area contributed by atoms with Crippen molar-refractivity contribution >= 4 is 0 Å². The first-order valence-electron chi connectivity index (χ1n) is 6.37. The minimum absolute atomic E-state index is 0.575. The first-order valence-corrected chi connectivity index (χ1v) is 6.37. The van der Waals surface area contributed by atoms with E-state index in [1.165, 1.54) is 37.7 Å². The van der Waals surface area contributed by atoms with Gasteiger partial charge in [0.1, 0.15) is 0 Å². The Kier molecular flexibility index (Phi) is 2.79. The van der Waals surface area contributed by atoms with Gasteiger partial charge in [-0.05, 0) is 63.2 Å². The Labute approximate surface area is 94.5 Å². The SMILES string of the molecule is C=C(C)[C@@H]1CC[C@@H](C)[C@]12CC=C(C)CC2. The summed E-state index contributed by atoms with van der Waals surface area (Å²) in [7, 11) is 0. The average molecular weight is 204 g/mol. The topological polar surface area (TPSA) is 0 Å². The van der Waals surface area contributed by atoms with Crippen LogP contribution in [0.15, 0.2) is 23.8 Å². The van der Waals surface area contributed by atoms with Crippen LogP contribution in [-0.2, 0) is 0 Å². The van der Waals surface area contributed by atoms with E-state index in [-0.39, 0.29) is 0 Å². The normalized spacial score (nSPS) is 40.6. The molecule has 0 heterocycles. The highest BCUT2D eigenvalue weighted by atomic mass is 14.5. The zero-order valence-electron chi connectivity index (χ0n) is 10.5. The molecule has 2 rings (SSSR count). The molecule has 0 unspecified atom stereocenters. The molecule has 0 aromatic rings. The molecule has 0 aromatic heterocycles. The van der Waals surface area contributed by atoms with E-state index in [9.17, 15) is 0 Å². The highest BCUT2D eigenvalue weighted by Crippen LogP contribution is 2.57. The molecule has 84 valence electrons. The van der Waals surface area contributed by atoms with Gasteiger partial charge in [0.25, 0.3) is 0 Å². The minimum Gasteiger partial charge on any atom is -0.0998 e. The maximum Gasteiger partial charge on any atom is -0.0146 e. The number of rotatable bonds is 1. The molecule has 3 atom stereocenters. The van der Waals surface area contributed by atoms with E-state index in [1.54, 1.807) is 5.57 Å². The molecule has 0 nitrogen and oxygen atoms in total. The van der Waals surface area contributed by atoms with E-state index >= 15 is 0 Å². The summed E-state index contributed by atoms with van der Waals surface area (Å²) in [6.07, 6.45) is 9.29. The molecule has 0 N–H and O–H groups in total. The molecule has 0 radical (unpaired) electrons. The van der Waals surface area contributed by atoms with Gasteiger partial charge in [0.05, 0.1) is 0 Å². The fraction of sp³-hybridized carbons (Fsp3) is 0.733. The van der Waals surface area contributed by atoms with Crippen molar-refractivity contribution in [3.8, 4) is 0 Å². The van der Waals surface area contributed by atoms with Crippen LogP contribution < -0.4 is 0 Å². The summed E-state index contributed by atoms with van der Waals surface area (Å²) in [5.74, 6) is 1.68. The summed E-state index contributed by atoms with van der Waals surface area (Å²) in [5, 5.41) is 0. The summed E-state index contributed by atoms with van der Waals surface area (Å²) < 4.78 is 0. The molecule has 0 bridgehead atoms. The summed E-state index contributed by atoms with van der Waals surface area (Å²) in [4.78, 5) is 0. The lowest BCUT2D eigenvalue weighted by Gasteiger charge is -2.42. The van der Waals surface area contributed by atoms with Gasteiger partial charge in [-0.2, -0.15) is 0 Å². The molecular weight excluding hydrogens is 180 g/mol. The second-order valence-corrected chi connectivity index (χ2v) is 5.87. The summed E-state index contributed by atoms with van der Waals surface area (Å²) in [5.41, 5.74) is 3.60. The molecule has 1 saturated carbocycles. The van der Waals surface area contributed by atoms with Crippen LogP contribution >= 0.6 is 0 Å². The molecule has 15 heavy (non-hydrogen) atoms. The third-order valence-electron chi connectivity index (χ3n) is 4.97. The van der Waals surface area contributed by atoms with Crippen molar-refractivity contribution in [2.24, 2.45) is 17.3 Å². The largest absolute Gasteiger partial charge is 0.0998 e. The average Bonchev–Trinajstić information content (AvgIpc) is 2.50. The van der Waals surface area contributed by atoms with Crippen LogP contribution in [0.4, 0.5) is 0 Å². The highest BCUT2D eigenvalue weighted by Gasteiger charge is 2.47. The molecule has 1 spiro atoms. The zero-order chi connectivity index (χ0) is 11.1. The van der Waals surface area contributed by atoms with E-state index in [2.05, 4.69) is 33.4 Å². The van der Waals surface area contributed by atoms with E-state index in [0.717, 1.165) is 11.8 Å². The molecule has 2 aliphatic rings. The van der Waals surface area contributed by atoms with Crippen molar-refractivity contribution in [3.63, 3.8) is 0 Å². The van der Waals surface area contributed by atoms with E-state index in [0.29, 0.717) is 5.41 Å². The van der Waals surface area contributed by atoms with Crippen molar-refractivity contribution < 1.29 is 0 Å². The van der Waals surface area contributed by atoms with Crippen molar-refractivity contribution in [1.82, 2.24) is 0 Å². The molecule has 2 aliphatic carbocycles. The lowest BCUT2D eigenvalue weighted by Crippen LogP contribution is -2.33. The number of hydrogen-bond acceptors (Lipinski definition) is 0. The fourth-order valence-corrected chi connectivity index (χ4v) is 3.83. The first kappa shape index (κ1) is 11.0. The summed E-state index contributed by atoms with van der Waals surface area (Å²) >= 11 is 0. The summed E-state index contributed by atoms with van der Waals surface area (Å²) in [6.45, 7) is 11.2.